The van der Waals surface area contributed by atoms with Crippen molar-refractivity contribution in [2.45, 2.75) is 18.4 Å². The number of benzene rings is 2. The molecule has 2 aromatic carbocycles. The predicted octanol–water partition coefficient (Wildman–Crippen LogP) is 1.38. The van der Waals surface area contributed by atoms with Crippen molar-refractivity contribution in [1.82, 2.24) is 9.58 Å². The van der Waals surface area contributed by atoms with Gasteiger partial charge in [0, 0.05) is 19.2 Å². The Hall–Kier alpha value is -2.91. The van der Waals surface area contributed by atoms with Crippen LogP contribution in [0.25, 0.3) is 5.69 Å². The smallest absolute Gasteiger partial charge is 0.431 e. The van der Waals surface area contributed by atoms with Gasteiger partial charge in [-0.15, -0.1) is 0 Å². The van der Waals surface area contributed by atoms with Gasteiger partial charge in [0.05, 0.1) is 12.0 Å². The van der Waals surface area contributed by atoms with Crippen LogP contribution in [0.3, 0.4) is 0 Å². The van der Waals surface area contributed by atoms with Crippen LogP contribution < -0.4 is 15.0 Å². The van der Waals surface area contributed by atoms with Crippen molar-refractivity contribution in [1.29, 1.82) is 0 Å². The summed E-state index contributed by atoms with van der Waals surface area (Å²) in [5.74, 6) is 0.658. The van der Waals surface area contributed by atoms with E-state index in [1.165, 1.54) is 23.9 Å². The maximum Gasteiger partial charge on any atom is 0.431 e. The van der Waals surface area contributed by atoms with Crippen LogP contribution in [0.1, 0.15) is 11.3 Å². The molecular formula is C18H20N3O5S+. The Balaban J connectivity index is 1.92. The summed E-state index contributed by atoms with van der Waals surface area (Å²) in [4.78, 5) is 12.3. The molecule has 142 valence electrons. The van der Waals surface area contributed by atoms with E-state index in [0.29, 0.717) is 11.4 Å². The number of methoxy groups -OCH3 is 1. The van der Waals surface area contributed by atoms with Gasteiger partial charge in [0.15, 0.2) is 0 Å². The zero-order chi connectivity index (χ0) is 19.6. The number of aromatic nitrogens is 2. The van der Waals surface area contributed by atoms with E-state index in [9.17, 15) is 13.2 Å². The van der Waals surface area contributed by atoms with Crippen LogP contribution in [-0.4, -0.2) is 32.2 Å². The number of aryl methyl sites for hydroxylation is 1. The Morgan fingerprint density at radius 1 is 1.11 bits per heavy atom. The van der Waals surface area contributed by atoms with Gasteiger partial charge in [0.25, 0.3) is 0 Å². The first-order valence-corrected chi connectivity index (χ1v) is 9.57. The van der Waals surface area contributed by atoms with Crippen molar-refractivity contribution in [2.75, 3.05) is 14.2 Å². The van der Waals surface area contributed by atoms with E-state index in [2.05, 4.69) is 5.27 Å². The van der Waals surface area contributed by atoms with E-state index < -0.39 is 15.6 Å². The average molecular weight is 390 g/mol. The number of H-pyrrole nitrogens is 1. The molecule has 0 aliphatic rings. The Kier molecular flexibility index (Phi) is 5.15. The summed E-state index contributed by atoms with van der Waals surface area (Å²) in [6.07, 6.45) is 0. The predicted molar refractivity (Wildman–Crippen MR) is 97.2 cm³/mol. The lowest BCUT2D eigenvalue weighted by atomic mass is 10.2. The molecule has 0 fully saturated rings. The zero-order valence-corrected chi connectivity index (χ0v) is 16.0. The van der Waals surface area contributed by atoms with Crippen molar-refractivity contribution >= 4 is 10.0 Å². The molecule has 1 N–H and O–H groups in total. The van der Waals surface area contributed by atoms with Crippen molar-refractivity contribution in [3.63, 3.8) is 0 Å². The summed E-state index contributed by atoms with van der Waals surface area (Å²) in [5.41, 5.74) is 1.08. The summed E-state index contributed by atoms with van der Waals surface area (Å²) in [6, 6.07) is 13.4. The van der Waals surface area contributed by atoms with Gasteiger partial charge in [0.2, 0.25) is 15.7 Å². The number of sulfonamides is 1. The second-order valence-electron chi connectivity index (χ2n) is 6.04. The van der Waals surface area contributed by atoms with Crippen LogP contribution in [-0.2, 0) is 16.6 Å². The average Bonchev–Trinajstić information content (AvgIpc) is 3.02. The molecule has 0 aliphatic heterocycles. The van der Waals surface area contributed by atoms with Crippen LogP contribution >= 0.6 is 0 Å². The molecule has 27 heavy (non-hydrogen) atoms. The van der Waals surface area contributed by atoms with Gasteiger partial charge >= 0.3 is 11.3 Å². The molecule has 3 aromatic rings. The Morgan fingerprint density at radius 2 is 1.74 bits per heavy atom. The molecule has 0 saturated carbocycles. The lowest BCUT2D eigenvalue weighted by molar-refractivity contribution is -0.678. The van der Waals surface area contributed by atoms with Gasteiger partial charge in [0.1, 0.15) is 12.3 Å². The van der Waals surface area contributed by atoms with Crippen LogP contribution in [0.5, 0.6) is 5.75 Å². The highest BCUT2D eigenvalue weighted by molar-refractivity contribution is 7.89. The molecule has 0 aliphatic carbocycles. The number of ether oxygens (including phenoxy) is 1. The molecule has 0 unspecified atom stereocenters. The first-order valence-electron chi connectivity index (χ1n) is 8.13. The molecule has 8 nitrogen and oxygen atoms in total. The third-order valence-corrected chi connectivity index (χ3v) is 5.99. The van der Waals surface area contributed by atoms with Crippen LogP contribution in [0, 0.1) is 6.92 Å². The molecule has 0 saturated heterocycles. The molecule has 3 rings (SSSR count). The molecule has 0 bridgehead atoms. The van der Waals surface area contributed by atoms with E-state index in [4.69, 9.17) is 9.26 Å². The summed E-state index contributed by atoms with van der Waals surface area (Å²) in [6.45, 7) is 1.72. The fourth-order valence-electron chi connectivity index (χ4n) is 2.55. The number of hydrogen-bond acceptors (Lipinski definition) is 5. The lowest BCUT2D eigenvalue weighted by Gasteiger charge is -2.14. The van der Waals surface area contributed by atoms with Gasteiger partial charge in [-0.1, -0.05) is 17.7 Å². The number of nitrogens with zero attached hydrogens (tertiary/aromatic N) is 2. The fraction of sp³-hybridized carbons (Fsp3) is 0.222. The normalized spacial score (nSPS) is 11.7. The van der Waals surface area contributed by atoms with Gasteiger partial charge in [-0.05, 0) is 41.1 Å². The minimum Gasteiger partial charge on any atom is -0.497 e. The minimum atomic E-state index is -3.75. The summed E-state index contributed by atoms with van der Waals surface area (Å²) < 4.78 is 38.0. The van der Waals surface area contributed by atoms with E-state index in [1.807, 2.05) is 6.92 Å². The topological polar surface area (TPSA) is 96.5 Å². The monoisotopic (exact) mass is 390 g/mol. The van der Waals surface area contributed by atoms with Crippen molar-refractivity contribution in [3.05, 3.63) is 70.2 Å². The molecule has 0 amide bonds. The molecular weight excluding hydrogens is 370 g/mol. The Morgan fingerprint density at radius 3 is 2.33 bits per heavy atom. The zero-order valence-electron chi connectivity index (χ0n) is 15.2. The standard InChI is InChI=1S/C18H19N3O5S/c1-13-4-10-16(11-5-13)27(23,24)20(2)12-17-18(22)26-19-21(17)14-6-8-15(25-3)9-7-14/h4-11H,12H2,1-3H3/p+1. The molecule has 0 radical (unpaired) electrons. The maximum absolute atomic E-state index is 12.8. The second kappa shape index (κ2) is 7.37. The van der Waals surface area contributed by atoms with Gasteiger partial charge in [-0.3, -0.25) is 4.52 Å². The van der Waals surface area contributed by atoms with Crippen molar-refractivity contribution in [3.8, 4) is 11.4 Å². The van der Waals surface area contributed by atoms with Crippen molar-refractivity contribution in [2.24, 2.45) is 0 Å². The van der Waals surface area contributed by atoms with Gasteiger partial charge in [-0.2, -0.15) is 4.31 Å². The number of aromatic amines is 1. The van der Waals surface area contributed by atoms with E-state index in [-0.39, 0.29) is 17.1 Å². The summed E-state index contributed by atoms with van der Waals surface area (Å²) in [5, 5.41) is 2.50. The molecule has 1 aromatic heterocycles. The number of rotatable bonds is 6. The van der Waals surface area contributed by atoms with E-state index in [0.717, 1.165) is 9.87 Å². The van der Waals surface area contributed by atoms with Crippen LogP contribution in [0.4, 0.5) is 0 Å². The quantitative estimate of drug-likeness (QED) is 0.642. The molecule has 0 spiro atoms. The number of nitrogens with one attached hydrogen (secondary N) is 1. The van der Waals surface area contributed by atoms with E-state index >= 15 is 0 Å². The SMILES string of the molecule is COc1ccc(-[n+]2[nH]oc(=O)c2CN(C)S(=O)(=O)c2ccc(C)cc2)cc1. The fourth-order valence-corrected chi connectivity index (χ4v) is 3.69. The third kappa shape index (κ3) is 3.79. The largest absolute Gasteiger partial charge is 0.497 e. The number of hydrogen-bond donors (Lipinski definition) is 1. The highest BCUT2D eigenvalue weighted by Crippen LogP contribution is 2.16. The van der Waals surface area contributed by atoms with Gasteiger partial charge < -0.3 is 4.74 Å². The lowest BCUT2D eigenvalue weighted by Crippen LogP contribution is -2.42. The van der Waals surface area contributed by atoms with Crippen LogP contribution in [0.15, 0.2) is 62.7 Å². The Bertz CT molecular complexity index is 1080. The molecule has 1 heterocycles. The van der Waals surface area contributed by atoms with Crippen LogP contribution in [0.2, 0.25) is 0 Å². The molecule has 9 heteroatoms. The maximum atomic E-state index is 12.8. The van der Waals surface area contributed by atoms with Gasteiger partial charge in [-0.25, -0.2) is 13.2 Å². The molecule has 0 atom stereocenters. The Labute approximate surface area is 156 Å². The van der Waals surface area contributed by atoms with Crippen molar-refractivity contribution < 1.29 is 22.4 Å². The summed E-state index contributed by atoms with van der Waals surface area (Å²) >= 11 is 0. The first kappa shape index (κ1) is 18.9. The summed E-state index contributed by atoms with van der Waals surface area (Å²) in [7, 11) is -0.782. The first-order chi connectivity index (χ1) is 12.8. The second-order valence-corrected chi connectivity index (χ2v) is 8.08. The van der Waals surface area contributed by atoms with E-state index in [1.54, 1.807) is 43.5 Å². The minimum absolute atomic E-state index is 0.151. The highest BCUT2D eigenvalue weighted by atomic mass is 32.2. The third-order valence-electron chi connectivity index (χ3n) is 4.17. The highest BCUT2D eigenvalue weighted by Gasteiger charge is 2.30.